The van der Waals surface area contributed by atoms with Crippen LogP contribution < -0.4 is 9.44 Å². The smallest absolute Gasteiger partial charge is 0.207 e. The fourth-order valence-electron chi connectivity index (χ4n) is 5.89. The van der Waals surface area contributed by atoms with Gasteiger partial charge in [-0.1, -0.05) is 83.9 Å². The van der Waals surface area contributed by atoms with Gasteiger partial charge >= 0.3 is 0 Å². The standard InChI is InChI=1S/C30H28N2O4S2/c1-19-11-15-21(16-12-19)37(33,34)31-29-27-23-7-3-5-9-25(23)28(26-10-6-4-8-24(26)27)30(29)32-38(35,36)22-17-13-20(2)14-18-22/h3-18,27-32H,1-2H3. The van der Waals surface area contributed by atoms with Crippen LogP contribution in [0.1, 0.15) is 45.2 Å². The van der Waals surface area contributed by atoms with Crippen LogP contribution in [0.5, 0.6) is 0 Å². The van der Waals surface area contributed by atoms with E-state index in [-0.39, 0.29) is 21.6 Å². The fraction of sp³-hybridized carbons (Fsp3) is 0.200. The first-order chi connectivity index (χ1) is 18.2. The molecule has 38 heavy (non-hydrogen) atoms. The van der Waals surface area contributed by atoms with E-state index in [1.807, 2.05) is 62.4 Å². The van der Waals surface area contributed by atoms with E-state index in [2.05, 4.69) is 9.44 Å². The van der Waals surface area contributed by atoms with Crippen LogP contribution in [0, 0.1) is 13.8 Å². The monoisotopic (exact) mass is 544 g/mol. The van der Waals surface area contributed by atoms with Gasteiger partial charge < -0.3 is 0 Å². The first-order valence-corrected chi connectivity index (χ1v) is 15.5. The van der Waals surface area contributed by atoms with Gasteiger partial charge in [0.2, 0.25) is 20.0 Å². The van der Waals surface area contributed by atoms with Crippen molar-refractivity contribution in [3.63, 3.8) is 0 Å². The van der Waals surface area contributed by atoms with E-state index < -0.39 is 32.1 Å². The van der Waals surface area contributed by atoms with Crippen LogP contribution in [0.3, 0.4) is 0 Å². The first kappa shape index (κ1) is 25.0. The Morgan fingerprint density at radius 2 is 0.763 bits per heavy atom. The Morgan fingerprint density at radius 3 is 1.05 bits per heavy atom. The number of fused-ring (bicyclic) bond motifs is 1. The Labute approximate surface area is 223 Å². The summed E-state index contributed by atoms with van der Waals surface area (Å²) in [6.07, 6.45) is 0. The van der Waals surface area contributed by atoms with Gasteiger partial charge in [0.25, 0.3) is 0 Å². The van der Waals surface area contributed by atoms with Crippen molar-refractivity contribution in [2.75, 3.05) is 0 Å². The highest BCUT2D eigenvalue weighted by molar-refractivity contribution is 7.90. The third kappa shape index (κ3) is 4.18. The van der Waals surface area contributed by atoms with Gasteiger partial charge in [0.05, 0.1) is 21.9 Å². The summed E-state index contributed by atoms with van der Waals surface area (Å²) >= 11 is 0. The van der Waals surface area contributed by atoms with Crippen LogP contribution in [-0.4, -0.2) is 28.9 Å². The molecule has 3 aliphatic rings. The topological polar surface area (TPSA) is 92.3 Å². The third-order valence-electron chi connectivity index (χ3n) is 7.68. The maximum absolute atomic E-state index is 13.6. The average molecular weight is 545 g/mol. The number of nitrogens with one attached hydrogen (secondary N) is 2. The van der Waals surface area contributed by atoms with Crippen LogP contribution in [-0.2, 0) is 20.0 Å². The Balaban J connectivity index is 1.50. The molecule has 7 rings (SSSR count). The van der Waals surface area contributed by atoms with E-state index in [0.717, 1.165) is 33.4 Å². The minimum absolute atomic E-state index is 0.145. The molecule has 4 aromatic carbocycles. The summed E-state index contributed by atoms with van der Waals surface area (Å²) < 4.78 is 60.4. The number of hydrogen-bond donors (Lipinski definition) is 2. The first-order valence-electron chi connectivity index (χ1n) is 12.5. The zero-order valence-corrected chi connectivity index (χ0v) is 22.6. The average Bonchev–Trinajstić information content (AvgIpc) is 2.90. The quantitative estimate of drug-likeness (QED) is 0.372. The molecule has 0 aliphatic heterocycles. The van der Waals surface area contributed by atoms with Crippen molar-refractivity contribution in [1.82, 2.24) is 9.44 Å². The SMILES string of the molecule is Cc1ccc(S(=O)(=O)NC2C3c4ccccc4C(c4ccccc43)C2NS(=O)(=O)c2ccc(C)cc2)cc1. The lowest BCUT2D eigenvalue weighted by molar-refractivity contribution is 0.337. The van der Waals surface area contributed by atoms with E-state index in [4.69, 9.17) is 0 Å². The normalized spacial score (nSPS) is 22.1. The lowest BCUT2D eigenvalue weighted by Crippen LogP contribution is -2.61. The highest BCUT2D eigenvalue weighted by atomic mass is 32.2. The number of aryl methyl sites for hydroxylation is 2. The lowest BCUT2D eigenvalue weighted by atomic mass is 9.59. The second-order valence-corrected chi connectivity index (χ2v) is 13.6. The molecule has 0 saturated carbocycles. The summed E-state index contributed by atoms with van der Waals surface area (Å²) in [5.41, 5.74) is 5.95. The van der Waals surface area contributed by atoms with Crippen LogP contribution in [0.25, 0.3) is 0 Å². The van der Waals surface area contributed by atoms with E-state index >= 15 is 0 Å². The molecule has 2 bridgehead atoms. The van der Waals surface area contributed by atoms with E-state index in [0.29, 0.717) is 0 Å². The van der Waals surface area contributed by atoms with Crippen LogP contribution in [0.4, 0.5) is 0 Å². The summed E-state index contributed by atoms with van der Waals surface area (Å²) in [6, 6.07) is 27.7. The number of sulfonamides is 2. The molecule has 0 fully saturated rings. The molecule has 2 N–H and O–H groups in total. The Morgan fingerprint density at radius 1 is 0.474 bits per heavy atom. The van der Waals surface area contributed by atoms with E-state index in [9.17, 15) is 16.8 Å². The summed E-state index contributed by atoms with van der Waals surface area (Å²) in [7, 11) is -7.90. The van der Waals surface area contributed by atoms with Crippen molar-refractivity contribution in [1.29, 1.82) is 0 Å². The largest absolute Gasteiger partial charge is 0.240 e. The van der Waals surface area contributed by atoms with Crippen LogP contribution in [0.15, 0.2) is 107 Å². The Bertz CT molecular complexity index is 1550. The van der Waals surface area contributed by atoms with Gasteiger partial charge in [-0.15, -0.1) is 0 Å². The second-order valence-electron chi connectivity index (χ2n) is 10.1. The molecule has 3 aliphatic carbocycles. The van der Waals surface area contributed by atoms with Gasteiger partial charge in [-0.25, -0.2) is 26.3 Å². The lowest BCUT2D eigenvalue weighted by Gasteiger charge is -2.50. The Hall–Kier alpha value is -3.30. The molecular formula is C30H28N2O4S2. The van der Waals surface area contributed by atoms with Crippen molar-refractivity contribution in [3.05, 3.63) is 130 Å². The minimum atomic E-state index is -3.95. The fourth-order valence-corrected chi connectivity index (χ4v) is 8.43. The summed E-state index contributed by atoms with van der Waals surface area (Å²) in [5.74, 6) is -0.725. The molecule has 0 radical (unpaired) electrons. The molecule has 4 aromatic rings. The molecule has 0 spiro atoms. The van der Waals surface area contributed by atoms with Crippen molar-refractivity contribution in [2.45, 2.75) is 47.6 Å². The third-order valence-corrected chi connectivity index (χ3v) is 10.6. The molecule has 0 amide bonds. The summed E-state index contributed by atoms with van der Waals surface area (Å²) in [6.45, 7) is 3.79. The molecule has 0 aromatic heterocycles. The summed E-state index contributed by atoms with van der Waals surface area (Å²) in [4.78, 5) is 0.289. The van der Waals surface area contributed by atoms with Crippen molar-refractivity contribution < 1.29 is 16.8 Å². The predicted molar refractivity (Wildman–Crippen MR) is 147 cm³/mol. The predicted octanol–water partition coefficient (Wildman–Crippen LogP) is 4.59. The van der Waals surface area contributed by atoms with E-state index in [1.165, 1.54) is 0 Å². The number of benzene rings is 4. The maximum Gasteiger partial charge on any atom is 0.240 e. The number of rotatable bonds is 6. The van der Waals surface area contributed by atoms with Crippen molar-refractivity contribution in [3.8, 4) is 0 Å². The highest BCUT2D eigenvalue weighted by Crippen LogP contribution is 2.53. The molecule has 0 heterocycles. The van der Waals surface area contributed by atoms with Gasteiger partial charge in [0.15, 0.2) is 0 Å². The summed E-state index contributed by atoms with van der Waals surface area (Å²) in [5, 5.41) is 0. The molecular weight excluding hydrogens is 516 g/mol. The zero-order valence-electron chi connectivity index (χ0n) is 21.0. The zero-order chi connectivity index (χ0) is 26.7. The van der Waals surface area contributed by atoms with Crippen molar-refractivity contribution >= 4 is 20.0 Å². The van der Waals surface area contributed by atoms with Crippen molar-refractivity contribution in [2.24, 2.45) is 0 Å². The van der Waals surface area contributed by atoms with Gasteiger partial charge in [-0.05, 0) is 60.4 Å². The minimum Gasteiger partial charge on any atom is -0.207 e. The molecule has 2 atom stereocenters. The van der Waals surface area contributed by atoms with Gasteiger partial charge in [0.1, 0.15) is 0 Å². The van der Waals surface area contributed by atoms with Gasteiger partial charge in [0, 0.05) is 11.8 Å². The Kier molecular flexibility index (Phi) is 6.03. The van der Waals surface area contributed by atoms with Gasteiger partial charge in [-0.3, -0.25) is 0 Å². The molecule has 6 nitrogen and oxygen atoms in total. The van der Waals surface area contributed by atoms with E-state index in [1.54, 1.807) is 48.5 Å². The molecule has 194 valence electrons. The van der Waals surface area contributed by atoms with Crippen LogP contribution >= 0.6 is 0 Å². The van der Waals surface area contributed by atoms with Gasteiger partial charge in [-0.2, -0.15) is 0 Å². The molecule has 2 unspecified atom stereocenters. The maximum atomic E-state index is 13.6. The second kappa shape index (κ2) is 9.17. The molecule has 8 heteroatoms. The number of hydrogen-bond acceptors (Lipinski definition) is 4. The van der Waals surface area contributed by atoms with Crippen LogP contribution in [0.2, 0.25) is 0 Å². The highest BCUT2D eigenvalue weighted by Gasteiger charge is 2.52. The molecule has 0 saturated heterocycles.